The molecule has 156 valence electrons. The summed E-state index contributed by atoms with van der Waals surface area (Å²) < 4.78 is 5.26. The van der Waals surface area contributed by atoms with Crippen LogP contribution in [-0.4, -0.2) is 53.4 Å². The first-order chi connectivity index (χ1) is 14.5. The largest absolute Gasteiger partial charge is 0.459 e. The molecule has 0 spiro atoms. The van der Waals surface area contributed by atoms with Gasteiger partial charge in [-0.1, -0.05) is 0 Å². The van der Waals surface area contributed by atoms with Gasteiger partial charge in [0.1, 0.15) is 0 Å². The van der Waals surface area contributed by atoms with Gasteiger partial charge in [0.25, 0.3) is 11.6 Å². The van der Waals surface area contributed by atoms with Crippen LogP contribution in [0, 0.1) is 16.0 Å². The third-order valence-electron chi connectivity index (χ3n) is 6.19. The number of piperazine rings is 1. The lowest BCUT2D eigenvalue weighted by molar-refractivity contribution is -0.384. The number of non-ortho nitro benzene ring substituents is 1. The topological polar surface area (TPSA) is 109 Å². The molecule has 9 heteroatoms. The summed E-state index contributed by atoms with van der Waals surface area (Å²) >= 11 is 0. The smallest absolute Gasteiger partial charge is 0.289 e. The zero-order valence-corrected chi connectivity index (χ0v) is 16.3. The first-order valence-corrected chi connectivity index (χ1v) is 10.2. The molecule has 2 amide bonds. The Morgan fingerprint density at radius 3 is 2.73 bits per heavy atom. The zero-order valence-electron chi connectivity index (χ0n) is 16.3. The van der Waals surface area contributed by atoms with E-state index in [1.165, 1.54) is 12.3 Å². The summed E-state index contributed by atoms with van der Waals surface area (Å²) in [5.41, 5.74) is 1.74. The number of carbonyl (C=O) groups is 2. The Morgan fingerprint density at radius 1 is 1.20 bits per heavy atom. The third kappa shape index (κ3) is 3.30. The monoisotopic (exact) mass is 410 g/mol. The predicted octanol–water partition coefficient (Wildman–Crippen LogP) is 1.97. The summed E-state index contributed by atoms with van der Waals surface area (Å²) in [5, 5.41) is 14.3. The molecule has 1 saturated carbocycles. The molecule has 0 unspecified atom stereocenters. The number of amides is 2. The van der Waals surface area contributed by atoms with Gasteiger partial charge in [-0.2, -0.15) is 0 Å². The number of carbonyl (C=O) groups excluding carboxylic acids is 2. The second-order valence-corrected chi connectivity index (χ2v) is 8.15. The molecule has 0 bridgehead atoms. The second-order valence-electron chi connectivity index (χ2n) is 8.15. The Balaban J connectivity index is 1.46. The molecule has 2 fully saturated rings. The molecule has 5 rings (SSSR count). The van der Waals surface area contributed by atoms with E-state index in [1.807, 2.05) is 0 Å². The van der Waals surface area contributed by atoms with Gasteiger partial charge in [-0.3, -0.25) is 19.7 Å². The van der Waals surface area contributed by atoms with Crippen molar-refractivity contribution >= 4 is 23.2 Å². The Hall–Kier alpha value is -3.36. The van der Waals surface area contributed by atoms with E-state index in [0.717, 1.165) is 24.1 Å². The van der Waals surface area contributed by atoms with Gasteiger partial charge in [0.2, 0.25) is 5.91 Å². The minimum absolute atomic E-state index is 0.0279. The Kier molecular flexibility index (Phi) is 4.45. The molecular weight excluding hydrogens is 388 g/mol. The second kappa shape index (κ2) is 7.16. The molecular formula is C21H22N4O5. The lowest BCUT2D eigenvalue weighted by Crippen LogP contribution is -2.62. The highest BCUT2D eigenvalue weighted by molar-refractivity contribution is 5.92. The van der Waals surface area contributed by atoms with Crippen molar-refractivity contribution in [2.75, 3.05) is 24.5 Å². The molecule has 2 aliphatic heterocycles. The summed E-state index contributed by atoms with van der Waals surface area (Å²) in [6.07, 6.45) is 3.86. The Labute approximate surface area is 172 Å². The highest BCUT2D eigenvalue weighted by Crippen LogP contribution is 2.38. The Morgan fingerprint density at radius 2 is 2.03 bits per heavy atom. The molecule has 3 aliphatic rings. The molecule has 3 heterocycles. The van der Waals surface area contributed by atoms with Crippen molar-refractivity contribution in [2.45, 2.75) is 31.3 Å². The van der Waals surface area contributed by atoms with Crippen LogP contribution in [0.25, 0.3) is 0 Å². The minimum atomic E-state index is -0.411. The number of nitro benzene ring substituents is 1. The summed E-state index contributed by atoms with van der Waals surface area (Å²) in [6.45, 7) is 1.44. The van der Waals surface area contributed by atoms with Crippen LogP contribution in [0.2, 0.25) is 0 Å². The van der Waals surface area contributed by atoms with E-state index in [1.54, 1.807) is 29.2 Å². The first kappa shape index (κ1) is 18.7. The van der Waals surface area contributed by atoms with Crippen LogP contribution >= 0.6 is 0 Å². The van der Waals surface area contributed by atoms with E-state index < -0.39 is 4.92 Å². The highest BCUT2D eigenvalue weighted by atomic mass is 16.6. The maximum Gasteiger partial charge on any atom is 0.289 e. The molecule has 9 nitrogen and oxygen atoms in total. The number of nitro groups is 1. The molecule has 2 atom stereocenters. The van der Waals surface area contributed by atoms with E-state index in [0.29, 0.717) is 26.1 Å². The number of hydrogen-bond acceptors (Lipinski definition) is 6. The van der Waals surface area contributed by atoms with Gasteiger partial charge in [0.05, 0.1) is 23.1 Å². The zero-order chi connectivity index (χ0) is 20.8. The van der Waals surface area contributed by atoms with Crippen molar-refractivity contribution in [3.05, 3.63) is 58.0 Å². The summed E-state index contributed by atoms with van der Waals surface area (Å²) in [7, 11) is 0. The number of benzene rings is 1. The first-order valence-electron chi connectivity index (χ1n) is 10.2. The maximum atomic E-state index is 13.0. The quantitative estimate of drug-likeness (QED) is 0.610. The van der Waals surface area contributed by atoms with Crippen LogP contribution in [0.1, 0.15) is 29.0 Å². The van der Waals surface area contributed by atoms with E-state index in [9.17, 15) is 19.7 Å². The number of nitrogens with one attached hydrogen (secondary N) is 1. The maximum absolute atomic E-state index is 13.0. The average Bonchev–Trinajstić information content (AvgIpc) is 3.39. The van der Waals surface area contributed by atoms with Crippen molar-refractivity contribution < 1.29 is 18.9 Å². The molecule has 1 saturated heterocycles. The lowest BCUT2D eigenvalue weighted by Gasteiger charge is -2.48. The van der Waals surface area contributed by atoms with Gasteiger partial charge >= 0.3 is 0 Å². The standard InChI is InChI=1S/C21H22N4O5/c26-20(22-14-3-4-14)16-11-13-10-15(25(28)29)5-6-17(13)24-8-7-23(12-18(16)24)21(27)19-2-1-9-30-19/h1-2,5-6,9-10,14,16,18H,3-4,7-8,11-12H2,(H,22,26)/t16-,18+/m1/s1. The van der Waals surface area contributed by atoms with E-state index in [4.69, 9.17) is 4.42 Å². The van der Waals surface area contributed by atoms with Crippen LogP contribution in [0.5, 0.6) is 0 Å². The number of furan rings is 1. The lowest BCUT2D eigenvalue weighted by atomic mass is 9.83. The fourth-order valence-electron chi connectivity index (χ4n) is 4.50. The van der Waals surface area contributed by atoms with Gasteiger partial charge in [-0.25, -0.2) is 0 Å². The van der Waals surface area contributed by atoms with Gasteiger partial charge in [-0.05, 0) is 43.0 Å². The molecule has 1 aromatic carbocycles. The van der Waals surface area contributed by atoms with Gasteiger partial charge < -0.3 is 19.5 Å². The van der Waals surface area contributed by atoms with Crippen molar-refractivity contribution in [2.24, 2.45) is 5.92 Å². The number of rotatable bonds is 4. The summed E-state index contributed by atoms with van der Waals surface area (Å²) in [4.78, 5) is 40.5. The normalized spacial score (nSPS) is 22.8. The Bertz CT molecular complexity index is 1000. The minimum Gasteiger partial charge on any atom is -0.459 e. The van der Waals surface area contributed by atoms with Crippen LogP contribution < -0.4 is 10.2 Å². The molecule has 1 aliphatic carbocycles. The van der Waals surface area contributed by atoms with E-state index >= 15 is 0 Å². The SMILES string of the molecule is O=C(NC1CC1)[C@@H]1Cc2cc([N+](=O)[O-])ccc2N2CCN(C(=O)c3ccco3)C[C@@H]12. The predicted molar refractivity (Wildman–Crippen MR) is 107 cm³/mol. The third-order valence-corrected chi connectivity index (χ3v) is 6.19. The van der Waals surface area contributed by atoms with E-state index in [-0.39, 0.29) is 41.3 Å². The highest BCUT2D eigenvalue weighted by Gasteiger charge is 2.44. The molecule has 1 aromatic heterocycles. The number of fused-ring (bicyclic) bond motifs is 3. The molecule has 1 N–H and O–H groups in total. The number of hydrogen-bond donors (Lipinski definition) is 1. The van der Waals surface area contributed by atoms with Crippen LogP contribution in [0.15, 0.2) is 41.0 Å². The molecule has 2 aromatic rings. The number of nitrogens with zero attached hydrogens (tertiary/aromatic N) is 3. The van der Waals surface area contributed by atoms with Crippen LogP contribution in [0.3, 0.4) is 0 Å². The molecule has 30 heavy (non-hydrogen) atoms. The van der Waals surface area contributed by atoms with Crippen molar-refractivity contribution in [1.82, 2.24) is 10.2 Å². The fourth-order valence-corrected chi connectivity index (χ4v) is 4.50. The van der Waals surface area contributed by atoms with Crippen LogP contribution in [-0.2, 0) is 11.2 Å². The average molecular weight is 410 g/mol. The summed E-state index contributed by atoms with van der Waals surface area (Å²) in [5.74, 6) is -0.325. The van der Waals surface area contributed by atoms with Gasteiger partial charge in [0, 0.05) is 43.5 Å². The van der Waals surface area contributed by atoms with Gasteiger partial charge in [-0.15, -0.1) is 0 Å². The van der Waals surface area contributed by atoms with Crippen molar-refractivity contribution in [3.8, 4) is 0 Å². The fraction of sp³-hybridized carbons (Fsp3) is 0.429. The van der Waals surface area contributed by atoms with Crippen LogP contribution in [0.4, 0.5) is 11.4 Å². The molecule has 0 radical (unpaired) electrons. The van der Waals surface area contributed by atoms with Crippen molar-refractivity contribution in [3.63, 3.8) is 0 Å². The van der Waals surface area contributed by atoms with Gasteiger partial charge in [0.15, 0.2) is 5.76 Å². The summed E-state index contributed by atoms with van der Waals surface area (Å²) in [6, 6.07) is 8.19. The number of anilines is 1. The van der Waals surface area contributed by atoms with E-state index in [2.05, 4.69) is 10.2 Å². The van der Waals surface area contributed by atoms with Crippen molar-refractivity contribution in [1.29, 1.82) is 0 Å².